The molecule has 0 fully saturated rings. The molecular weight excluding hydrogens is 592 g/mol. The minimum atomic E-state index is -1.03. The third-order valence-electron chi connectivity index (χ3n) is 5.10. The molecule has 31 heavy (non-hydrogen) atoms. The standard InChI is InChI=1S/C24H13Br3O4/c25-16-9-12(10-17(26)23(16)30-11-19(28)29)20-13-5-1-2-6-14(13)22(27)24-21(20)15-7-3-4-8-18(15)31-24/h1-10H,11H2,(H,28,29). The quantitative estimate of drug-likeness (QED) is 0.225. The van der Waals surface area contributed by atoms with Gasteiger partial charge in [0.05, 0.1) is 13.4 Å². The lowest BCUT2D eigenvalue weighted by molar-refractivity contribution is -0.139. The molecule has 0 amide bonds. The van der Waals surface area contributed by atoms with Crippen molar-refractivity contribution in [3.63, 3.8) is 0 Å². The zero-order chi connectivity index (χ0) is 21.7. The Morgan fingerprint density at radius 3 is 2.19 bits per heavy atom. The van der Waals surface area contributed by atoms with Crippen LogP contribution in [0.2, 0.25) is 0 Å². The highest BCUT2D eigenvalue weighted by Gasteiger charge is 2.21. The Morgan fingerprint density at radius 2 is 1.52 bits per heavy atom. The molecule has 0 aliphatic heterocycles. The van der Waals surface area contributed by atoms with Crippen LogP contribution in [0.5, 0.6) is 5.75 Å². The summed E-state index contributed by atoms with van der Waals surface area (Å²) in [6.07, 6.45) is 0. The van der Waals surface area contributed by atoms with E-state index in [1.807, 2.05) is 42.5 Å². The Hall–Kier alpha value is -2.35. The molecule has 0 unspecified atom stereocenters. The fourth-order valence-corrected chi connectivity index (χ4v) is 5.91. The van der Waals surface area contributed by atoms with E-state index in [1.54, 1.807) is 0 Å². The highest BCUT2D eigenvalue weighted by atomic mass is 79.9. The van der Waals surface area contributed by atoms with Crippen LogP contribution in [0.4, 0.5) is 0 Å². The normalized spacial score (nSPS) is 11.5. The van der Waals surface area contributed by atoms with Crippen LogP contribution in [0.1, 0.15) is 0 Å². The van der Waals surface area contributed by atoms with E-state index in [9.17, 15) is 4.79 Å². The Labute approximate surface area is 202 Å². The van der Waals surface area contributed by atoms with Crippen LogP contribution in [0.15, 0.2) is 78.5 Å². The SMILES string of the molecule is O=C(O)COc1c(Br)cc(-c2c3ccccc3c(Br)c3oc4ccccc4c23)cc1Br. The largest absolute Gasteiger partial charge is 0.480 e. The van der Waals surface area contributed by atoms with Crippen molar-refractivity contribution < 1.29 is 19.1 Å². The van der Waals surface area contributed by atoms with E-state index >= 15 is 0 Å². The first kappa shape index (κ1) is 20.5. The molecule has 0 radical (unpaired) electrons. The first-order chi connectivity index (χ1) is 15.0. The van der Waals surface area contributed by atoms with Gasteiger partial charge in [-0.05, 0) is 76.9 Å². The summed E-state index contributed by atoms with van der Waals surface area (Å²) in [5.41, 5.74) is 3.58. The number of hydrogen-bond donors (Lipinski definition) is 1. The molecule has 1 N–H and O–H groups in total. The Kier molecular flexibility index (Phi) is 5.28. The second-order valence-corrected chi connectivity index (χ2v) is 9.49. The van der Waals surface area contributed by atoms with Crippen LogP contribution < -0.4 is 4.74 Å². The van der Waals surface area contributed by atoms with Crippen molar-refractivity contribution in [2.45, 2.75) is 0 Å². The molecule has 0 aliphatic carbocycles. The molecule has 5 aromatic rings. The van der Waals surface area contributed by atoms with Gasteiger partial charge in [0, 0.05) is 21.7 Å². The summed E-state index contributed by atoms with van der Waals surface area (Å²) in [4.78, 5) is 10.9. The second-order valence-electron chi connectivity index (χ2n) is 6.99. The zero-order valence-electron chi connectivity index (χ0n) is 15.8. The van der Waals surface area contributed by atoms with Gasteiger partial charge in [-0.25, -0.2) is 4.79 Å². The number of halogens is 3. The topological polar surface area (TPSA) is 59.7 Å². The Balaban J connectivity index is 1.87. The van der Waals surface area contributed by atoms with E-state index in [0.717, 1.165) is 48.3 Å². The summed E-state index contributed by atoms with van der Waals surface area (Å²) < 4.78 is 13.9. The van der Waals surface area contributed by atoms with Crippen LogP contribution >= 0.6 is 47.8 Å². The lowest BCUT2D eigenvalue weighted by Gasteiger charge is -2.15. The minimum Gasteiger partial charge on any atom is -0.480 e. The number of carbonyl (C=O) groups is 1. The second kappa shape index (κ2) is 7.97. The van der Waals surface area contributed by atoms with Crippen molar-refractivity contribution in [2.75, 3.05) is 6.61 Å². The molecule has 4 aromatic carbocycles. The molecule has 0 saturated carbocycles. The number of carboxylic acids is 1. The summed E-state index contributed by atoms with van der Waals surface area (Å²) in [5.74, 6) is -0.589. The van der Waals surface area contributed by atoms with E-state index in [0.29, 0.717) is 14.7 Å². The smallest absolute Gasteiger partial charge is 0.341 e. The van der Waals surface area contributed by atoms with E-state index in [2.05, 4.69) is 66.0 Å². The van der Waals surface area contributed by atoms with Crippen molar-refractivity contribution >= 4 is 86.5 Å². The van der Waals surface area contributed by atoms with Crippen LogP contribution in [0, 0.1) is 0 Å². The van der Waals surface area contributed by atoms with Crippen molar-refractivity contribution in [3.8, 4) is 16.9 Å². The molecule has 7 heteroatoms. The maximum Gasteiger partial charge on any atom is 0.341 e. The first-order valence-electron chi connectivity index (χ1n) is 9.31. The number of hydrogen-bond acceptors (Lipinski definition) is 3. The lowest BCUT2D eigenvalue weighted by Crippen LogP contribution is -2.10. The van der Waals surface area contributed by atoms with Crippen molar-refractivity contribution in [1.29, 1.82) is 0 Å². The van der Waals surface area contributed by atoms with Crippen molar-refractivity contribution in [1.82, 2.24) is 0 Å². The van der Waals surface area contributed by atoms with Gasteiger partial charge in [0.25, 0.3) is 0 Å². The summed E-state index contributed by atoms with van der Waals surface area (Å²) in [6, 6.07) is 20.0. The van der Waals surface area contributed by atoms with E-state index in [4.69, 9.17) is 14.3 Å². The van der Waals surface area contributed by atoms with Gasteiger partial charge >= 0.3 is 5.97 Å². The van der Waals surface area contributed by atoms with Crippen LogP contribution in [-0.4, -0.2) is 17.7 Å². The highest BCUT2D eigenvalue weighted by Crippen LogP contribution is 2.48. The van der Waals surface area contributed by atoms with Crippen LogP contribution in [0.25, 0.3) is 43.8 Å². The van der Waals surface area contributed by atoms with Gasteiger partial charge in [-0.15, -0.1) is 0 Å². The molecule has 154 valence electrons. The fraction of sp³-hybridized carbons (Fsp3) is 0.0417. The number of rotatable bonds is 4. The van der Waals surface area contributed by atoms with Gasteiger partial charge in [0.15, 0.2) is 12.2 Å². The monoisotopic (exact) mass is 602 g/mol. The first-order valence-corrected chi connectivity index (χ1v) is 11.7. The average Bonchev–Trinajstić information content (AvgIpc) is 3.13. The predicted molar refractivity (Wildman–Crippen MR) is 133 cm³/mol. The highest BCUT2D eigenvalue weighted by molar-refractivity contribution is 9.11. The molecular formula is C24H13Br3O4. The van der Waals surface area contributed by atoms with Crippen LogP contribution in [0.3, 0.4) is 0 Å². The molecule has 0 atom stereocenters. The van der Waals surface area contributed by atoms with Crippen LogP contribution in [-0.2, 0) is 4.79 Å². The lowest BCUT2D eigenvalue weighted by atomic mass is 9.93. The average molecular weight is 605 g/mol. The maximum absolute atomic E-state index is 10.9. The predicted octanol–water partition coefficient (Wildman–Crippen LogP) is 8.16. The van der Waals surface area contributed by atoms with Gasteiger partial charge in [0.1, 0.15) is 11.3 Å². The van der Waals surface area contributed by atoms with Crippen molar-refractivity contribution in [2.24, 2.45) is 0 Å². The molecule has 5 rings (SSSR count). The van der Waals surface area contributed by atoms with Gasteiger partial charge < -0.3 is 14.3 Å². The number of ether oxygens (including phenoxy) is 1. The van der Waals surface area contributed by atoms with Gasteiger partial charge in [-0.3, -0.25) is 0 Å². The summed E-state index contributed by atoms with van der Waals surface area (Å²) in [5, 5.41) is 13.1. The number of furan rings is 1. The molecule has 0 spiro atoms. The van der Waals surface area contributed by atoms with Gasteiger partial charge in [-0.1, -0.05) is 42.5 Å². The Morgan fingerprint density at radius 1 is 0.903 bits per heavy atom. The molecule has 0 saturated heterocycles. The zero-order valence-corrected chi connectivity index (χ0v) is 20.5. The molecule has 0 aliphatic rings. The summed E-state index contributed by atoms with van der Waals surface area (Å²) >= 11 is 10.8. The minimum absolute atomic E-state index is 0.422. The van der Waals surface area contributed by atoms with Gasteiger partial charge in [0.2, 0.25) is 0 Å². The number of benzene rings is 4. The van der Waals surface area contributed by atoms with E-state index in [-0.39, 0.29) is 0 Å². The van der Waals surface area contributed by atoms with Gasteiger partial charge in [-0.2, -0.15) is 0 Å². The third-order valence-corrected chi connectivity index (χ3v) is 7.07. The number of para-hydroxylation sites is 1. The molecule has 0 bridgehead atoms. The Bertz CT molecular complexity index is 1480. The fourth-order valence-electron chi connectivity index (χ4n) is 3.87. The number of fused-ring (bicyclic) bond motifs is 4. The maximum atomic E-state index is 10.9. The molecule has 1 heterocycles. The summed E-state index contributed by atoms with van der Waals surface area (Å²) in [6.45, 7) is -0.422. The number of carboxylic acid groups (broad SMARTS) is 1. The molecule has 4 nitrogen and oxygen atoms in total. The van der Waals surface area contributed by atoms with Crippen molar-refractivity contribution in [3.05, 3.63) is 74.1 Å². The number of aliphatic carboxylic acids is 1. The van der Waals surface area contributed by atoms with E-state index in [1.165, 1.54) is 0 Å². The third kappa shape index (κ3) is 3.45. The molecule has 1 aromatic heterocycles. The summed E-state index contributed by atoms with van der Waals surface area (Å²) in [7, 11) is 0. The van der Waals surface area contributed by atoms with E-state index < -0.39 is 12.6 Å².